The molecule has 0 aliphatic carbocycles. The Morgan fingerprint density at radius 2 is 2.19 bits per heavy atom. The highest BCUT2D eigenvalue weighted by Gasteiger charge is 2.35. The van der Waals surface area contributed by atoms with Gasteiger partial charge in [-0.25, -0.2) is 0 Å². The molecular formula is C13H14N2O. The van der Waals surface area contributed by atoms with Crippen LogP contribution in [0.5, 0.6) is 0 Å². The fraction of sp³-hybridized carbons (Fsp3) is 0.385. The van der Waals surface area contributed by atoms with Gasteiger partial charge >= 0.3 is 0 Å². The Labute approximate surface area is 95.3 Å². The number of carbonyl (C=O) groups excluding carboxylic acids is 1. The lowest BCUT2D eigenvalue weighted by molar-refractivity contribution is -0.119. The van der Waals surface area contributed by atoms with Gasteiger partial charge in [-0.05, 0) is 18.1 Å². The molecule has 0 fully saturated rings. The van der Waals surface area contributed by atoms with Crippen LogP contribution < -0.4 is 4.90 Å². The molecule has 1 unspecified atom stereocenters. The minimum absolute atomic E-state index is 0.0737. The zero-order valence-corrected chi connectivity index (χ0v) is 9.31. The summed E-state index contributed by atoms with van der Waals surface area (Å²) in [7, 11) is 0. The first kappa shape index (κ1) is 10.7. The van der Waals surface area contributed by atoms with Gasteiger partial charge in [-0.3, -0.25) is 4.79 Å². The molecule has 1 atom stereocenters. The first-order chi connectivity index (χ1) is 7.79. The van der Waals surface area contributed by atoms with E-state index in [4.69, 9.17) is 5.26 Å². The van der Waals surface area contributed by atoms with Crippen LogP contribution in [0.3, 0.4) is 0 Å². The Bertz CT molecular complexity index is 447. The number of nitriles is 1. The van der Waals surface area contributed by atoms with Gasteiger partial charge in [0.2, 0.25) is 5.91 Å². The molecule has 0 aromatic heterocycles. The molecule has 3 heteroatoms. The lowest BCUT2D eigenvalue weighted by Crippen LogP contribution is -2.29. The number of hydrogen-bond donors (Lipinski definition) is 0. The van der Waals surface area contributed by atoms with E-state index in [9.17, 15) is 4.79 Å². The maximum Gasteiger partial charge on any atom is 0.235 e. The van der Waals surface area contributed by atoms with Gasteiger partial charge in [0, 0.05) is 12.2 Å². The Morgan fingerprint density at radius 1 is 1.44 bits per heavy atom. The van der Waals surface area contributed by atoms with Crippen LogP contribution in [0.1, 0.15) is 31.2 Å². The Balaban J connectivity index is 2.41. The predicted molar refractivity (Wildman–Crippen MR) is 62.1 cm³/mol. The first-order valence-electron chi connectivity index (χ1n) is 5.56. The summed E-state index contributed by atoms with van der Waals surface area (Å²) in [5, 5.41) is 8.77. The second kappa shape index (κ2) is 4.36. The monoisotopic (exact) mass is 214 g/mol. The summed E-state index contributed by atoms with van der Waals surface area (Å²) in [6, 6.07) is 9.86. The van der Waals surface area contributed by atoms with Crippen molar-refractivity contribution in [3.05, 3.63) is 29.8 Å². The summed E-state index contributed by atoms with van der Waals surface area (Å²) in [5.41, 5.74) is 1.98. The summed E-state index contributed by atoms with van der Waals surface area (Å²) in [6.07, 6.45) is 1.20. The molecule has 0 saturated carbocycles. The van der Waals surface area contributed by atoms with Crippen molar-refractivity contribution in [3.8, 4) is 6.07 Å². The molecular weight excluding hydrogens is 200 g/mol. The van der Waals surface area contributed by atoms with E-state index in [1.165, 1.54) is 0 Å². The third kappa shape index (κ3) is 1.57. The van der Waals surface area contributed by atoms with Crippen LogP contribution in [0, 0.1) is 11.3 Å². The molecule has 1 aliphatic rings. The van der Waals surface area contributed by atoms with E-state index < -0.39 is 0 Å². The van der Waals surface area contributed by atoms with Crippen molar-refractivity contribution in [2.24, 2.45) is 0 Å². The van der Waals surface area contributed by atoms with Crippen molar-refractivity contribution < 1.29 is 4.79 Å². The van der Waals surface area contributed by atoms with E-state index in [-0.39, 0.29) is 18.2 Å². The van der Waals surface area contributed by atoms with Crippen LogP contribution in [0.2, 0.25) is 0 Å². The van der Waals surface area contributed by atoms with E-state index in [1.807, 2.05) is 31.2 Å². The standard InChI is InChI=1S/C13H14N2O/c1-2-9-15-12-6-4-3-5-10(12)11(7-8-14)13(15)16/h3-6,11H,2,7,9H2,1H3. The molecule has 0 radical (unpaired) electrons. The van der Waals surface area contributed by atoms with Crippen LogP contribution in [-0.4, -0.2) is 12.5 Å². The Hall–Kier alpha value is -1.82. The number of fused-ring (bicyclic) bond motifs is 1. The van der Waals surface area contributed by atoms with Crippen LogP contribution >= 0.6 is 0 Å². The third-order valence-electron chi connectivity index (χ3n) is 2.91. The molecule has 1 aliphatic heterocycles. The highest BCUT2D eigenvalue weighted by atomic mass is 16.2. The Morgan fingerprint density at radius 3 is 2.88 bits per heavy atom. The summed E-state index contributed by atoms with van der Waals surface area (Å²) in [6.45, 7) is 2.78. The van der Waals surface area contributed by atoms with Crippen molar-refractivity contribution in [2.45, 2.75) is 25.7 Å². The van der Waals surface area contributed by atoms with Gasteiger partial charge in [-0.2, -0.15) is 5.26 Å². The predicted octanol–water partition coefficient (Wildman–Crippen LogP) is 2.44. The summed E-state index contributed by atoms with van der Waals surface area (Å²) >= 11 is 0. The van der Waals surface area contributed by atoms with Gasteiger partial charge in [-0.15, -0.1) is 0 Å². The number of anilines is 1. The normalized spacial score (nSPS) is 18.4. The molecule has 0 saturated heterocycles. The van der Waals surface area contributed by atoms with Gasteiger partial charge in [0.1, 0.15) is 0 Å². The molecule has 0 spiro atoms. The minimum Gasteiger partial charge on any atom is -0.312 e. The van der Waals surface area contributed by atoms with Crippen molar-refractivity contribution in [1.29, 1.82) is 5.26 Å². The number of benzene rings is 1. The summed E-state index contributed by atoms with van der Waals surface area (Å²) in [4.78, 5) is 13.9. The van der Waals surface area contributed by atoms with E-state index in [0.29, 0.717) is 0 Å². The SMILES string of the molecule is CCCN1C(=O)C(CC#N)c2ccccc21. The lowest BCUT2D eigenvalue weighted by Gasteiger charge is -2.16. The van der Waals surface area contributed by atoms with Gasteiger partial charge in [0.15, 0.2) is 0 Å². The fourth-order valence-electron chi connectivity index (χ4n) is 2.21. The highest BCUT2D eigenvalue weighted by molar-refractivity contribution is 6.05. The largest absolute Gasteiger partial charge is 0.312 e. The number of nitrogens with zero attached hydrogens (tertiary/aromatic N) is 2. The van der Waals surface area contributed by atoms with Crippen LogP contribution in [0.15, 0.2) is 24.3 Å². The van der Waals surface area contributed by atoms with E-state index in [1.54, 1.807) is 4.90 Å². The molecule has 82 valence electrons. The quantitative estimate of drug-likeness (QED) is 0.775. The lowest BCUT2D eigenvalue weighted by atomic mass is 9.98. The van der Waals surface area contributed by atoms with Gasteiger partial charge in [-0.1, -0.05) is 25.1 Å². The molecule has 3 nitrogen and oxygen atoms in total. The number of amides is 1. The second-order valence-electron chi connectivity index (χ2n) is 3.96. The molecule has 2 rings (SSSR count). The van der Waals surface area contributed by atoms with E-state index >= 15 is 0 Å². The summed E-state index contributed by atoms with van der Waals surface area (Å²) in [5.74, 6) is -0.183. The molecule has 0 bridgehead atoms. The third-order valence-corrected chi connectivity index (χ3v) is 2.91. The number of hydrogen-bond acceptors (Lipinski definition) is 2. The van der Waals surface area contributed by atoms with Gasteiger partial charge in [0.05, 0.1) is 18.4 Å². The number of para-hydroxylation sites is 1. The summed E-state index contributed by atoms with van der Waals surface area (Å²) < 4.78 is 0. The maximum absolute atomic E-state index is 12.1. The zero-order chi connectivity index (χ0) is 11.5. The van der Waals surface area contributed by atoms with Crippen LogP contribution in [0.4, 0.5) is 5.69 Å². The molecule has 1 aromatic carbocycles. The zero-order valence-electron chi connectivity index (χ0n) is 9.31. The smallest absolute Gasteiger partial charge is 0.235 e. The maximum atomic E-state index is 12.1. The first-order valence-corrected chi connectivity index (χ1v) is 5.56. The molecule has 16 heavy (non-hydrogen) atoms. The second-order valence-corrected chi connectivity index (χ2v) is 3.96. The van der Waals surface area contributed by atoms with Gasteiger partial charge < -0.3 is 4.90 Å². The van der Waals surface area contributed by atoms with Crippen molar-refractivity contribution in [3.63, 3.8) is 0 Å². The van der Waals surface area contributed by atoms with E-state index in [2.05, 4.69) is 6.07 Å². The number of carbonyl (C=O) groups is 1. The van der Waals surface area contributed by atoms with Crippen molar-refractivity contribution in [1.82, 2.24) is 0 Å². The Kier molecular flexibility index (Phi) is 2.91. The molecule has 1 aromatic rings. The topological polar surface area (TPSA) is 44.1 Å². The fourth-order valence-corrected chi connectivity index (χ4v) is 2.21. The van der Waals surface area contributed by atoms with Crippen molar-refractivity contribution >= 4 is 11.6 Å². The number of rotatable bonds is 3. The average Bonchev–Trinajstić information content (AvgIpc) is 2.56. The van der Waals surface area contributed by atoms with Crippen molar-refractivity contribution in [2.75, 3.05) is 11.4 Å². The highest BCUT2D eigenvalue weighted by Crippen LogP contribution is 2.38. The molecule has 0 N–H and O–H groups in total. The van der Waals surface area contributed by atoms with Crippen LogP contribution in [-0.2, 0) is 4.79 Å². The van der Waals surface area contributed by atoms with E-state index in [0.717, 1.165) is 24.2 Å². The van der Waals surface area contributed by atoms with Crippen LogP contribution in [0.25, 0.3) is 0 Å². The minimum atomic E-state index is -0.257. The average molecular weight is 214 g/mol. The molecule has 1 amide bonds. The molecule has 1 heterocycles. The van der Waals surface area contributed by atoms with Gasteiger partial charge in [0.25, 0.3) is 0 Å².